The zero-order valence-electron chi connectivity index (χ0n) is 9.18. The first-order chi connectivity index (χ1) is 7.61. The van der Waals surface area contributed by atoms with Crippen molar-refractivity contribution in [2.75, 3.05) is 12.3 Å². The van der Waals surface area contributed by atoms with E-state index in [1.165, 1.54) is 6.08 Å². The molecule has 0 radical (unpaired) electrons. The van der Waals surface area contributed by atoms with Crippen LogP contribution in [0.5, 0.6) is 0 Å². The molecule has 0 fully saturated rings. The maximum atomic E-state index is 11.3. The molecule has 86 valence electrons. The first-order valence-corrected chi connectivity index (χ1v) is 5.07. The summed E-state index contributed by atoms with van der Waals surface area (Å²) in [5, 5.41) is 11.4. The Morgan fingerprint density at radius 1 is 1.62 bits per heavy atom. The van der Waals surface area contributed by atoms with E-state index < -0.39 is 0 Å². The van der Waals surface area contributed by atoms with Crippen LogP contribution in [-0.2, 0) is 4.79 Å². The average Bonchev–Trinajstić information content (AvgIpc) is 2.26. The molecule has 16 heavy (non-hydrogen) atoms. The molecule has 1 aromatic carbocycles. The maximum absolute atomic E-state index is 11.3. The highest BCUT2D eigenvalue weighted by Gasteiger charge is 2.01. The summed E-state index contributed by atoms with van der Waals surface area (Å²) >= 11 is 0. The van der Waals surface area contributed by atoms with Gasteiger partial charge in [0, 0.05) is 17.8 Å². The van der Waals surface area contributed by atoms with E-state index in [2.05, 4.69) is 5.32 Å². The monoisotopic (exact) mass is 220 g/mol. The van der Waals surface area contributed by atoms with Gasteiger partial charge in [0.1, 0.15) is 0 Å². The van der Waals surface area contributed by atoms with Gasteiger partial charge in [-0.15, -0.1) is 0 Å². The standard InChI is InChI=1S/C12H16N2O2/c1-9(8-15)14-12(16)6-5-10-3-2-4-11(13)7-10/h2-7,9,15H,8,13H2,1H3,(H,14,16)/b6-5+/t9-/m1/s1. The van der Waals surface area contributed by atoms with Crippen molar-refractivity contribution in [1.82, 2.24) is 5.32 Å². The van der Waals surface area contributed by atoms with Crippen molar-refractivity contribution in [2.45, 2.75) is 13.0 Å². The lowest BCUT2D eigenvalue weighted by atomic mass is 10.2. The summed E-state index contributed by atoms with van der Waals surface area (Å²) in [6.07, 6.45) is 3.09. The number of hydrogen-bond acceptors (Lipinski definition) is 3. The highest BCUT2D eigenvalue weighted by atomic mass is 16.3. The topological polar surface area (TPSA) is 75.3 Å². The molecule has 0 saturated carbocycles. The summed E-state index contributed by atoms with van der Waals surface area (Å²) in [6.45, 7) is 1.66. The molecular weight excluding hydrogens is 204 g/mol. The Balaban J connectivity index is 2.56. The number of carbonyl (C=O) groups excluding carboxylic acids is 1. The van der Waals surface area contributed by atoms with E-state index in [4.69, 9.17) is 10.8 Å². The summed E-state index contributed by atoms with van der Waals surface area (Å²) < 4.78 is 0. The van der Waals surface area contributed by atoms with Gasteiger partial charge in [0.15, 0.2) is 0 Å². The normalized spacial score (nSPS) is 12.6. The van der Waals surface area contributed by atoms with Crippen LogP contribution in [-0.4, -0.2) is 23.7 Å². The Morgan fingerprint density at radius 2 is 2.38 bits per heavy atom. The number of nitrogens with two attached hydrogens (primary N) is 1. The third kappa shape index (κ3) is 4.14. The molecule has 0 spiro atoms. The van der Waals surface area contributed by atoms with Crippen molar-refractivity contribution >= 4 is 17.7 Å². The molecule has 1 rings (SSSR count). The summed E-state index contributed by atoms with van der Waals surface area (Å²) in [7, 11) is 0. The van der Waals surface area contributed by atoms with E-state index in [0.29, 0.717) is 5.69 Å². The molecule has 1 amide bonds. The molecule has 0 aliphatic rings. The van der Waals surface area contributed by atoms with Crippen LogP contribution in [0.25, 0.3) is 6.08 Å². The molecule has 0 unspecified atom stereocenters. The number of anilines is 1. The molecule has 1 atom stereocenters. The second kappa shape index (κ2) is 5.92. The fraction of sp³-hybridized carbons (Fsp3) is 0.250. The fourth-order valence-corrected chi connectivity index (χ4v) is 1.17. The van der Waals surface area contributed by atoms with Crippen LogP contribution in [0.1, 0.15) is 12.5 Å². The van der Waals surface area contributed by atoms with E-state index in [1.807, 2.05) is 12.1 Å². The van der Waals surface area contributed by atoms with Gasteiger partial charge in [-0.1, -0.05) is 12.1 Å². The lowest BCUT2D eigenvalue weighted by Gasteiger charge is -2.07. The highest BCUT2D eigenvalue weighted by Crippen LogP contribution is 2.07. The molecule has 4 heteroatoms. The van der Waals surface area contributed by atoms with Crippen LogP contribution in [0.15, 0.2) is 30.3 Å². The van der Waals surface area contributed by atoms with Gasteiger partial charge in [-0.05, 0) is 30.7 Å². The molecule has 0 aliphatic carbocycles. The summed E-state index contributed by atoms with van der Waals surface area (Å²) in [5.74, 6) is -0.232. The van der Waals surface area contributed by atoms with E-state index in [9.17, 15) is 4.79 Å². The second-order valence-electron chi connectivity index (χ2n) is 3.60. The van der Waals surface area contributed by atoms with E-state index in [0.717, 1.165) is 5.56 Å². The Bertz CT molecular complexity index is 388. The number of aliphatic hydroxyl groups is 1. The van der Waals surface area contributed by atoms with Gasteiger partial charge in [-0.3, -0.25) is 4.79 Å². The van der Waals surface area contributed by atoms with Gasteiger partial charge in [0.25, 0.3) is 0 Å². The van der Waals surface area contributed by atoms with Crippen LogP contribution < -0.4 is 11.1 Å². The van der Waals surface area contributed by atoms with Crippen molar-refractivity contribution in [3.05, 3.63) is 35.9 Å². The van der Waals surface area contributed by atoms with Gasteiger partial charge in [0.05, 0.1) is 6.61 Å². The van der Waals surface area contributed by atoms with Crippen molar-refractivity contribution in [2.24, 2.45) is 0 Å². The third-order valence-corrected chi connectivity index (χ3v) is 2.00. The van der Waals surface area contributed by atoms with Crippen molar-refractivity contribution in [3.8, 4) is 0 Å². The largest absolute Gasteiger partial charge is 0.399 e. The molecule has 0 heterocycles. The number of benzene rings is 1. The van der Waals surface area contributed by atoms with Crippen LogP contribution in [0, 0.1) is 0 Å². The van der Waals surface area contributed by atoms with E-state index in [-0.39, 0.29) is 18.6 Å². The van der Waals surface area contributed by atoms with Crippen LogP contribution in [0.3, 0.4) is 0 Å². The zero-order valence-corrected chi connectivity index (χ0v) is 9.18. The number of carbonyl (C=O) groups is 1. The molecule has 0 aliphatic heterocycles. The van der Waals surface area contributed by atoms with Gasteiger partial charge in [0.2, 0.25) is 5.91 Å². The predicted molar refractivity (Wildman–Crippen MR) is 64.6 cm³/mol. The third-order valence-electron chi connectivity index (χ3n) is 2.00. The first kappa shape index (κ1) is 12.3. The van der Waals surface area contributed by atoms with E-state index >= 15 is 0 Å². The van der Waals surface area contributed by atoms with Gasteiger partial charge >= 0.3 is 0 Å². The minimum Gasteiger partial charge on any atom is -0.399 e. The summed E-state index contributed by atoms with van der Waals surface area (Å²) in [6, 6.07) is 7.00. The molecule has 1 aromatic rings. The molecule has 0 bridgehead atoms. The first-order valence-electron chi connectivity index (χ1n) is 5.07. The fourth-order valence-electron chi connectivity index (χ4n) is 1.17. The van der Waals surface area contributed by atoms with Gasteiger partial charge < -0.3 is 16.2 Å². The molecule has 4 N–H and O–H groups in total. The minimum atomic E-state index is -0.238. The zero-order chi connectivity index (χ0) is 12.0. The van der Waals surface area contributed by atoms with Crippen LogP contribution >= 0.6 is 0 Å². The lowest BCUT2D eigenvalue weighted by Crippen LogP contribution is -2.33. The number of rotatable bonds is 4. The highest BCUT2D eigenvalue weighted by molar-refractivity contribution is 5.92. The second-order valence-corrected chi connectivity index (χ2v) is 3.60. The van der Waals surface area contributed by atoms with Gasteiger partial charge in [-0.25, -0.2) is 0 Å². The number of hydrogen-bond donors (Lipinski definition) is 3. The summed E-state index contributed by atoms with van der Waals surface area (Å²) in [5.41, 5.74) is 7.13. The number of nitrogens with one attached hydrogen (secondary N) is 1. The number of amides is 1. The van der Waals surface area contributed by atoms with Crippen molar-refractivity contribution in [3.63, 3.8) is 0 Å². The molecule has 0 saturated heterocycles. The lowest BCUT2D eigenvalue weighted by molar-refractivity contribution is -0.117. The Morgan fingerprint density at radius 3 is 3.00 bits per heavy atom. The minimum absolute atomic E-state index is 0.0716. The Hall–Kier alpha value is -1.81. The smallest absolute Gasteiger partial charge is 0.244 e. The SMILES string of the molecule is C[C@H](CO)NC(=O)/C=C/c1cccc(N)c1. The van der Waals surface area contributed by atoms with Crippen LogP contribution in [0.4, 0.5) is 5.69 Å². The average molecular weight is 220 g/mol. The molecule has 4 nitrogen and oxygen atoms in total. The Labute approximate surface area is 94.8 Å². The number of nitrogen functional groups attached to an aromatic ring is 1. The summed E-state index contributed by atoms with van der Waals surface area (Å²) in [4.78, 5) is 11.3. The Kier molecular flexibility index (Phi) is 4.54. The quantitative estimate of drug-likeness (QED) is 0.518. The maximum Gasteiger partial charge on any atom is 0.244 e. The molecular formula is C12H16N2O2. The number of aliphatic hydroxyl groups excluding tert-OH is 1. The van der Waals surface area contributed by atoms with Crippen molar-refractivity contribution in [1.29, 1.82) is 0 Å². The van der Waals surface area contributed by atoms with Gasteiger partial charge in [-0.2, -0.15) is 0 Å². The predicted octanol–water partition coefficient (Wildman–Crippen LogP) is 0.779. The van der Waals surface area contributed by atoms with Crippen LogP contribution in [0.2, 0.25) is 0 Å². The van der Waals surface area contributed by atoms with Crippen molar-refractivity contribution < 1.29 is 9.90 Å². The molecule has 0 aromatic heterocycles. The van der Waals surface area contributed by atoms with E-state index in [1.54, 1.807) is 25.1 Å².